The third-order valence-corrected chi connectivity index (χ3v) is 5.47. The Balaban J connectivity index is 1.69. The Morgan fingerprint density at radius 1 is 1.23 bits per heavy atom. The SMILES string of the molecule is CCOC(=O)CC1Oc2c(F)cccc2N(Cc2nc3cc(F)c(F)cc3s2)C1=O. The number of carbonyl (C=O) groups excluding carboxylic acids is 2. The van der Waals surface area contributed by atoms with E-state index in [9.17, 15) is 22.8 Å². The van der Waals surface area contributed by atoms with Crippen LogP contribution in [0.15, 0.2) is 30.3 Å². The number of hydrogen-bond donors (Lipinski definition) is 0. The van der Waals surface area contributed by atoms with E-state index in [-0.39, 0.29) is 36.5 Å². The van der Waals surface area contributed by atoms with Gasteiger partial charge in [0.05, 0.1) is 35.5 Å². The van der Waals surface area contributed by atoms with Crippen LogP contribution in [0.4, 0.5) is 18.9 Å². The van der Waals surface area contributed by atoms with Crippen LogP contribution in [-0.4, -0.2) is 29.6 Å². The molecule has 10 heteroatoms. The molecule has 30 heavy (non-hydrogen) atoms. The summed E-state index contributed by atoms with van der Waals surface area (Å²) in [5, 5.41) is 0.385. The van der Waals surface area contributed by atoms with Crippen molar-refractivity contribution in [3.05, 3.63) is 52.8 Å². The molecule has 3 aromatic rings. The van der Waals surface area contributed by atoms with Gasteiger partial charge in [0.2, 0.25) is 0 Å². The van der Waals surface area contributed by atoms with E-state index < -0.39 is 35.4 Å². The number of ether oxygens (including phenoxy) is 2. The zero-order chi connectivity index (χ0) is 21.4. The molecule has 0 N–H and O–H groups in total. The van der Waals surface area contributed by atoms with Gasteiger partial charge in [-0.25, -0.2) is 18.2 Å². The monoisotopic (exact) mass is 436 g/mol. The highest BCUT2D eigenvalue weighted by Gasteiger charge is 2.38. The minimum absolute atomic E-state index is 0.0828. The second kappa shape index (κ2) is 7.94. The molecule has 1 unspecified atom stereocenters. The number of hydrogen-bond acceptors (Lipinski definition) is 6. The Morgan fingerprint density at radius 2 is 2.00 bits per heavy atom. The lowest BCUT2D eigenvalue weighted by Gasteiger charge is -2.33. The molecule has 0 saturated heterocycles. The molecule has 2 aromatic carbocycles. The molecule has 1 amide bonds. The summed E-state index contributed by atoms with van der Waals surface area (Å²) in [4.78, 5) is 30.3. The van der Waals surface area contributed by atoms with Crippen LogP contribution in [0.3, 0.4) is 0 Å². The van der Waals surface area contributed by atoms with Gasteiger partial charge in [-0.05, 0) is 25.1 Å². The highest BCUT2D eigenvalue weighted by atomic mass is 32.1. The Morgan fingerprint density at radius 3 is 2.77 bits per heavy atom. The van der Waals surface area contributed by atoms with E-state index >= 15 is 0 Å². The number of esters is 1. The van der Waals surface area contributed by atoms with Gasteiger partial charge < -0.3 is 9.47 Å². The fourth-order valence-corrected chi connectivity index (χ4v) is 4.11. The molecule has 6 nitrogen and oxygen atoms in total. The summed E-state index contributed by atoms with van der Waals surface area (Å²) in [6.07, 6.45) is -1.65. The molecule has 1 aliphatic heterocycles. The highest BCUT2D eigenvalue weighted by molar-refractivity contribution is 7.18. The van der Waals surface area contributed by atoms with Crippen LogP contribution in [0.1, 0.15) is 18.4 Å². The Labute approximate surface area is 172 Å². The predicted octanol–water partition coefficient (Wildman–Crippen LogP) is 3.96. The minimum Gasteiger partial charge on any atom is -0.475 e. The van der Waals surface area contributed by atoms with Crippen molar-refractivity contribution in [2.75, 3.05) is 11.5 Å². The Hall–Kier alpha value is -3.14. The van der Waals surface area contributed by atoms with E-state index in [2.05, 4.69) is 4.98 Å². The minimum atomic E-state index is -1.27. The van der Waals surface area contributed by atoms with Crippen LogP contribution in [0, 0.1) is 17.5 Å². The lowest BCUT2D eigenvalue weighted by Crippen LogP contribution is -2.46. The fourth-order valence-electron chi connectivity index (χ4n) is 3.15. The third-order valence-electron chi connectivity index (χ3n) is 4.46. The van der Waals surface area contributed by atoms with Crippen LogP contribution < -0.4 is 9.64 Å². The van der Waals surface area contributed by atoms with E-state index in [1.165, 1.54) is 23.1 Å². The zero-order valence-electron chi connectivity index (χ0n) is 15.7. The maximum atomic E-state index is 14.4. The summed E-state index contributed by atoms with van der Waals surface area (Å²) in [7, 11) is 0. The van der Waals surface area contributed by atoms with Crippen molar-refractivity contribution in [2.45, 2.75) is 26.0 Å². The number of para-hydroxylation sites is 1. The second-order valence-electron chi connectivity index (χ2n) is 6.47. The number of carbonyl (C=O) groups is 2. The number of rotatable bonds is 5. The quantitative estimate of drug-likeness (QED) is 0.567. The Kier molecular flexibility index (Phi) is 5.33. The van der Waals surface area contributed by atoms with Gasteiger partial charge >= 0.3 is 5.97 Å². The second-order valence-corrected chi connectivity index (χ2v) is 7.58. The number of amides is 1. The van der Waals surface area contributed by atoms with Gasteiger partial charge in [-0.2, -0.15) is 0 Å². The van der Waals surface area contributed by atoms with E-state index in [0.29, 0.717) is 9.71 Å². The smallest absolute Gasteiger partial charge is 0.310 e. The molecule has 0 bridgehead atoms. The molecular weight excluding hydrogens is 421 g/mol. The summed E-state index contributed by atoms with van der Waals surface area (Å²) in [5.41, 5.74) is 0.425. The first-order valence-electron chi connectivity index (χ1n) is 9.04. The van der Waals surface area contributed by atoms with Crippen LogP contribution >= 0.6 is 11.3 Å². The zero-order valence-corrected chi connectivity index (χ0v) is 16.5. The highest BCUT2D eigenvalue weighted by Crippen LogP contribution is 2.38. The normalized spacial score (nSPS) is 15.8. The van der Waals surface area contributed by atoms with E-state index in [1.807, 2.05) is 0 Å². The van der Waals surface area contributed by atoms with Crippen molar-refractivity contribution in [1.82, 2.24) is 4.98 Å². The average molecular weight is 436 g/mol. The molecule has 0 aliphatic carbocycles. The molecule has 1 aromatic heterocycles. The number of halogens is 3. The van der Waals surface area contributed by atoms with Crippen molar-refractivity contribution in [3.8, 4) is 5.75 Å². The molecule has 1 aliphatic rings. The summed E-state index contributed by atoms with van der Waals surface area (Å²) in [6.45, 7) is 1.68. The van der Waals surface area contributed by atoms with Gasteiger partial charge in [-0.15, -0.1) is 11.3 Å². The average Bonchev–Trinajstić information content (AvgIpc) is 3.07. The molecule has 2 heterocycles. The van der Waals surface area contributed by atoms with Crippen LogP contribution in [0.5, 0.6) is 5.75 Å². The van der Waals surface area contributed by atoms with Crippen LogP contribution in [0.2, 0.25) is 0 Å². The molecule has 1 atom stereocenters. The lowest BCUT2D eigenvalue weighted by atomic mass is 10.1. The molecule has 0 fully saturated rings. The standard InChI is InChI=1S/C20H15F3N2O4S/c1-2-28-18(26)8-15-20(27)25(14-5-3-4-10(21)19(14)29-15)9-17-24-13-6-11(22)12(23)7-16(13)30-17/h3-7,15H,2,8-9H2,1H3. The molecule has 0 radical (unpaired) electrons. The first kappa shape index (κ1) is 20.1. The number of nitrogens with zero attached hydrogens (tertiary/aromatic N) is 2. The third kappa shape index (κ3) is 3.70. The van der Waals surface area contributed by atoms with E-state index in [4.69, 9.17) is 9.47 Å². The van der Waals surface area contributed by atoms with Crippen molar-refractivity contribution >= 4 is 39.1 Å². The van der Waals surface area contributed by atoms with Gasteiger partial charge in [-0.3, -0.25) is 14.5 Å². The van der Waals surface area contributed by atoms with E-state index in [1.54, 1.807) is 6.92 Å². The summed E-state index contributed by atoms with van der Waals surface area (Å²) in [5.74, 6) is -4.10. The molecule has 0 spiro atoms. The van der Waals surface area contributed by atoms with Gasteiger partial charge in [0.1, 0.15) is 5.01 Å². The number of benzene rings is 2. The fraction of sp³-hybridized carbons (Fsp3) is 0.250. The Bertz CT molecular complexity index is 1110. The lowest BCUT2D eigenvalue weighted by molar-refractivity contribution is -0.147. The number of anilines is 1. The summed E-state index contributed by atoms with van der Waals surface area (Å²) >= 11 is 1.08. The van der Waals surface area contributed by atoms with Crippen LogP contribution in [0.25, 0.3) is 10.2 Å². The van der Waals surface area contributed by atoms with Crippen LogP contribution in [-0.2, 0) is 20.9 Å². The summed E-state index contributed by atoms with van der Waals surface area (Å²) < 4.78 is 52.1. The predicted molar refractivity (Wildman–Crippen MR) is 103 cm³/mol. The van der Waals surface area contributed by atoms with Gasteiger partial charge in [0, 0.05) is 6.07 Å². The molecular formula is C20H15F3N2O4S. The topological polar surface area (TPSA) is 68.7 Å². The van der Waals surface area contributed by atoms with Gasteiger partial charge in [0.25, 0.3) is 5.91 Å². The van der Waals surface area contributed by atoms with Crippen molar-refractivity contribution in [1.29, 1.82) is 0 Å². The molecule has 156 valence electrons. The van der Waals surface area contributed by atoms with E-state index in [0.717, 1.165) is 23.5 Å². The maximum absolute atomic E-state index is 14.4. The van der Waals surface area contributed by atoms with Gasteiger partial charge in [-0.1, -0.05) is 6.07 Å². The number of fused-ring (bicyclic) bond motifs is 2. The number of aromatic nitrogens is 1. The van der Waals surface area contributed by atoms with Crippen molar-refractivity contribution in [2.24, 2.45) is 0 Å². The van der Waals surface area contributed by atoms with Crippen molar-refractivity contribution < 1.29 is 32.2 Å². The largest absolute Gasteiger partial charge is 0.475 e. The first-order chi connectivity index (χ1) is 14.4. The number of thiazole rings is 1. The molecule has 4 rings (SSSR count). The van der Waals surface area contributed by atoms with Crippen molar-refractivity contribution in [3.63, 3.8) is 0 Å². The summed E-state index contributed by atoms with van der Waals surface area (Å²) in [6, 6.07) is 6.11. The van der Waals surface area contributed by atoms with Gasteiger partial charge in [0.15, 0.2) is 29.3 Å². The molecule has 0 saturated carbocycles. The maximum Gasteiger partial charge on any atom is 0.310 e. The first-order valence-corrected chi connectivity index (χ1v) is 9.85.